The number of unbranched alkanes of at least 4 members (excludes halogenated alkanes) is 6. The number of carbonyl (C=O) groups excluding carboxylic acids is 2. The summed E-state index contributed by atoms with van der Waals surface area (Å²) in [6, 6.07) is 32.6. The molecule has 0 atom stereocenters. The van der Waals surface area contributed by atoms with E-state index in [0.29, 0.717) is 11.5 Å². The molecule has 0 aliphatic rings. The Kier molecular flexibility index (Phi) is 12.1. The highest BCUT2D eigenvalue weighted by Crippen LogP contribution is 2.25. The minimum absolute atomic E-state index is 0.451. The maximum atomic E-state index is 11.3. The summed E-state index contributed by atoms with van der Waals surface area (Å²) in [4.78, 5) is 22.7. The molecule has 0 heterocycles. The van der Waals surface area contributed by atoms with Crippen LogP contribution in [0.25, 0.3) is 22.3 Å². The van der Waals surface area contributed by atoms with Gasteiger partial charge >= 0.3 is 11.9 Å². The number of aryl methyl sites for hydroxylation is 2. The van der Waals surface area contributed by atoms with E-state index in [2.05, 4.69) is 61.7 Å². The van der Waals surface area contributed by atoms with Crippen molar-refractivity contribution in [2.24, 2.45) is 0 Å². The van der Waals surface area contributed by atoms with Crippen molar-refractivity contribution < 1.29 is 19.1 Å². The molecule has 4 nitrogen and oxygen atoms in total. The van der Waals surface area contributed by atoms with Gasteiger partial charge in [0.1, 0.15) is 11.5 Å². The summed E-state index contributed by atoms with van der Waals surface area (Å²) in [5.41, 5.74) is 7.25. The second-order valence-corrected chi connectivity index (χ2v) is 10.7. The summed E-state index contributed by atoms with van der Waals surface area (Å²) in [5.74, 6) is 0.139. The van der Waals surface area contributed by atoms with Crippen LogP contribution in [-0.2, 0) is 22.4 Å². The van der Waals surface area contributed by atoms with Gasteiger partial charge in [-0.05, 0) is 83.3 Å². The van der Waals surface area contributed by atoms with Gasteiger partial charge in [-0.2, -0.15) is 0 Å². The highest BCUT2D eigenvalue weighted by atomic mass is 16.5. The van der Waals surface area contributed by atoms with Crippen molar-refractivity contribution in [3.05, 3.63) is 133 Å². The van der Waals surface area contributed by atoms with E-state index in [1.165, 1.54) is 56.1 Å². The van der Waals surface area contributed by atoms with Gasteiger partial charge in [0.2, 0.25) is 0 Å². The van der Waals surface area contributed by atoms with Crippen molar-refractivity contribution in [1.82, 2.24) is 0 Å². The number of hydrogen-bond acceptors (Lipinski definition) is 4. The molecule has 0 spiro atoms. The largest absolute Gasteiger partial charge is 0.423 e. The van der Waals surface area contributed by atoms with E-state index in [1.54, 1.807) is 24.3 Å². The van der Waals surface area contributed by atoms with Crippen LogP contribution in [0.3, 0.4) is 0 Å². The molecule has 0 aliphatic heterocycles. The molecule has 0 fully saturated rings. The van der Waals surface area contributed by atoms with Crippen molar-refractivity contribution in [2.45, 2.75) is 57.8 Å². The fourth-order valence-electron chi connectivity index (χ4n) is 5.02. The molecule has 4 rings (SSSR count). The van der Waals surface area contributed by atoms with Gasteiger partial charge < -0.3 is 9.47 Å². The zero-order chi connectivity index (χ0) is 30.3. The highest BCUT2D eigenvalue weighted by molar-refractivity contribution is 5.84. The topological polar surface area (TPSA) is 52.6 Å². The van der Waals surface area contributed by atoms with Crippen LogP contribution in [0.2, 0.25) is 0 Å². The number of ether oxygens (including phenoxy) is 2. The van der Waals surface area contributed by atoms with Gasteiger partial charge in [-0.25, -0.2) is 9.59 Å². The van der Waals surface area contributed by atoms with Crippen molar-refractivity contribution in [3.8, 4) is 33.8 Å². The summed E-state index contributed by atoms with van der Waals surface area (Å²) in [6.45, 7) is 6.84. The number of hydrogen-bond donors (Lipinski definition) is 0. The Morgan fingerprint density at radius 1 is 0.442 bits per heavy atom. The molecule has 0 aromatic heterocycles. The molecule has 0 bridgehead atoms. The van der Waals surface area contributed by atoms with Gasteiger partial charge in [-0.3, -0.25) is 0 Å². The monoisotopic (exact) mass is 572 g/mol. The van der Waals surface area contributed by atoms with Gasteiger partial charge in [-0.15, -0.1) is 0 Å². The van der Waals surface area contributed by atoms with Crippen LogP contribution in [0, 0.1) is 0 Å². The summed E-state index contributed by atoms with van der Waals surface area (Å²) >= 11 is 0. The van der Waals surface area contributed by atoms with E-state index in [9.17, 15) is 9.59 Å². The average molecular weight is 573 g/mol. The standard InChI is InChI=1S/C39H40O4/c1-3-38(40)42-36-26-22-34(23-27-36)32-18-14-30(15-19-32)12-10-8-6-5-7-9-11-13-31-16-20-33(21-17-31)35-24-28-37(29-25-35)43-39(41)4-2/h3-4,14-29H,1-2,5-13H2. The van der Waals surface area contributed by atoms with Crippen molar-refractivity contribution in [1.29, 1.82) is 0 Å². The lowest BCUT2D eigenvalue weighted by molar-refractivity contribution is -0.129. The minimum Gasteiger partial charge on any atom is -0.423 e. The van der Waals surface area contributed by atoms with Gasteiger partial charge in [-0.1, -0.05) is 118 Å². The first-order valence-corrected chi connectivity index (χ1v) is 15.1. The number of esters is 2. The first kappa shape index (κ1) is 31.2. The summed E-state index contributed by atoms with van der Waals surface area (Å²) in [6.07, 6.45) is 13.4. The van der Waals surface area contributed by atoms with Crippen molar-refractivity contribution in [2.75, 3.05) is 0 Å². The van der Waals surface area contributed by atoms with Crippen LogP contribution >= 0.6 is 0 Å². The van der Waals surface area contributed by atoms with Crippen LogP contribution in [-0.4, -0.2) is 11.9 Å². The predicted molar refractivity (Wildman–Crippen MR) is 175 cm³/mol. The summed E-state index contributed by atoms with van der Waals surface area (Å²) in [5, 5.41) is 0. The van der Waals surface area contributed by atoms with E-state index < -0.39 is 11.9 Å². The molecule has 4 aromatic rings. The normalized spacial score (nSPS) is 10.6. The summed E-state index contributed by atoms with van der Waals surface area (Å²) < 4.78 is 10.3. The van der Waals surface area contributed by atoms with Crippen LogP contribution in [0.5, 0.6) is 11.5 Å². The smallest absolute Gasteiger partial charge is 0.335 e. The molecule has 0 saturated carbocycles. The predicted octanol–water partition coefficient (Wildman–Crippen LogP) is 9.72. The SMILES string of the molecule is C=CC(=O)Oc1ccc(-c2ccc(CCCCCCCCCc3ccc(-c4ccc(OC(=O)C=C)cc4)cc3)cc2)cc1. The molecule has 0 radical (unpaired) electrons. The minimum atomic E-state index is -0.451. The van der Waals surface area contributed by atoms with E-state index in [4.69, 9.17) is 9.47 Å². The third-order valence-corrected chi connectivity index (χ3v) is 7.48. The molecule has 4 aromatic carbocycles. The van der Waals surface area contributed by atoms with Gasteiger partial charge in [0.05, 0.1) is 0 Å². The molecule has 4 heteroatoms. The van der Waals surface area contributed by atoms with Crippen molar-refractivity contribution >= 4 is 11.9 Å². The maximum Gasteiger partial charge on any atom is 0.335 e. The molecule has 0 aliphatic carbocycles. The van der Waals surface area contributed by atoms with Gasteiger partial charge in [0.25, 0.3) is 0 Å². The summed E-state index contributed by atoms with van der Waals surface area (Å²) in [7, 11) is 0. The zero-order valence-corrected chi connectivity index (χ0v) is 24.8. The molecule has 0 unspecified atom stereocenters. The van der Waals surface area contributed by atoms with Crippen LogP contribution < -0.4 is 9.47 Å². The Morgan fingerprint density at radius 2 is 0.721 bits per heavy atom. The molecular formula is C39H40O4. The van der Waals surface area contributed by atoms with E-state index in [1.807, 2.05) is 24.3 Å². The second-order valence-electron chi connectivity index (χ2n) is 10.7. The highest BCUT2D eigenvalue weighted by Gasteiger charge is 2.04. The quantitative estimate of drug-likeness (QED) is 0.0580. The molecular weight excluding hydrogens is 532 g/mol. The van der Waals surface area contributed by atoms with Gasteiger partial charge in [0, 0.05) is 12.2 Å². The first-order valence-electron chi connectivity index (χ1n) is 15.1. The van der Waals surface area contributed by atoms with E-state index >= 15 is 0 Å². The molecule has 0 N–H and O–H groups in total. The van der Waals surface area contributed by atoms with E-state index in [-0.39, 0.29) is 0 Å². The van der Waals surface area contributed by atoms with Gasteiger partial charge in [0.15, 0.2) is 0 Å². The van der Waals surface area contributed by atoms with Crippen LogP contribution in [0.1, 0.15) is 56.1 Å². The lowest BCUT2D eigenvalue weighted by Crippen LogP contribution is -2.02. The Hall–Kier alpha value is -4.70. The third-order valence-electron chi connectivity index (χ3n) is 7.48. The zero-order valence-electron chi connectivity index (χ0n) is 24.8. The number of carbonyl (C=O) groups is 2. The number of rotatable bonds is 16. The van der Waals surface area contributed by atoms with Crippen molar-refractivity contribution in [3.63, 3.8) is 0 Å². The maximum absolute atomic E-state index is 11.3. The van der Waals surface area contributed by atoms with Crippen LogP contribution in [0.15, 0.2) is 122 Å². The second kappa shape index (κ2) is 16.7. The molecule has 43 heavy (non-hydrogen) atoms. The Balaban J connectivity index is 1.06. The number of benzene rings is 4. The fourth-order valence-corrected chi connectivity index (χ4v) is 5.02. The molecule has 220 valence electrons. The first-order chi connectivity index (χ1) is 21.0. The molecule has 0 saturated heterocycles. The average Bonchev–Trinajstić information content (AvgIpc) is 3.05. The Morgan fingerprint density at radius 3 is 1.02 bits per heavy atom. The third kappa shape index (κ3) is 10.3. The lowest BCUT2D eigenvalue weighted by Gasteiger charge is -2.07. The molecule has 0 amide bonds. The fraction of sp³-hybridized carbons (Fsp3) is 0.231. The van der Waals surface area contributed by atoms with E-state index in [0.717, 1.165) is 47.2 Å². The van der Waals surface area contributed by atoms with Crippen LogP contribution in [0.4, 0.5) is 0 Å². The Labute approximate surface area is 255 Å². The lowest BCUT2D eigenvalue weighted by atomic mass is 9.99. The Bertz CT molecular complexity index is 1350.